The second kappa shape index (κ2) is 7.94. The monoisotopic (exact) mass is 415 g/mol. The van der Waals surface area contributed by atoms with Crippen LogP contribution in [0.2, 0.25) is 0 Å². The molecular weight excluding hydrogens is 399 g/mol. The van der Waals surface area contributed by atoms with Crippen LogP contribution in [0, 0.1) is 6.92 Å². The van der Waals surface area contributed by atoms with Crippen molar-refractivity contribution in [3.8, 4) is 5.69 Å². The number of carbonyl (C=O) groups excluding carboxylic acids is 2. The van der Waals surface area contributed by atoms with E-state index in [-0.39, 0.29) is 28.4 Å². The Morgan fingerprint density at radius 3 is 2.40 bits per heavy atom. The van der Waals surface area contributed by atoms with Crippen LogP contribution in [0.15, 0.2) is 59.4 Å². The molecule has 0 atom stereocenters. The minimum atomic E-state index is -4.56. The molecule has 9 heteroatoms. The molecule has 3 aromatic rings. The minimum Gasteiger partial charge on any atom is -0.320 e. The Balaban J connectivity index is 2.03. The van der Waals surface area contributed by atoms with Crippen molar-refractivity contribution in [1.29, 1.82) is 0 Å². The number of para-hydroxylation sites is 1. The zero-order valence-corrected chi connectivity index (χ0v) is 15.9. The lowest BCUT2D eigenvalue weighted by Gasteiger charge is -2.14. The predicted molar refractivity (Wildman–Crippen MR) is 104 cm³/mol. The standard InChI is InChI=1S/C21H16F3N3O3/c1-12-10-18(29)19(20(30)25-17-9-4-3-8-16(17)13(2)28)26-27(12)15-7-5-6-14(11-15)21(22,23)24/h3-11H,1-2H3,(H,25,30). The number of Topliss-reactive ketones (excluding diaryl/α,β-unsaturated/α-hetero) is 1. The van der Waals surface area contributed by atoms with Gasteiger partial charge in [-0.15, -0.1) is 0 Å². The number of nitrogens with zero attached hydrogens (tertiary/aromatic N) is 2. The van der Waals surface area contributed by atoms with E-state index in [1.165, 1.54) is 38.1 Å². The molecule has 6 nitrogen and oxygen atoms in total. The average Bonchev–Trinajstić information content (AvgIpc) is 2.67. The summed E-state index contributed by atoms with van der Waals surface area (Å²) in [6.07, 6.45) is -4.56. The van der Waals surface area contributed by atoms with E-state index >= 15 is 0 Å². The van der Waals surface area contributed by atoms with Crippen molar-refractivity contribution in [3.63, 3.8) is 0 Å². The van der Waals surface area contributed by atoms with Crippen molar-refractivity contribution in [3.05, 3.63) is 87.3 Å². The number of carbonyl (C=O) groups is 2. The van der Waals surface area contributed by atoms with Gasteiger partial charge in [-0.3, -0.25) is 14.4 Å². The van der Waals surface area contributed by atoms with Crippen LogP contribution in [-0.2, 0) is 6.18 Å². The zero-order valence-electron chi connectivity index (χ0n) is 15.9. The van der Waals surface area contributed by atoms with Crippen LogP contribution < -0.4 is 10.7 Å². The fraction of sp³-hybridized carbons (Fsp3) is 0.143. The van der Waals surface area contributed by atoms with E-state index < -0.39 is 28.8 Å². The Hall–Kier alpha value is -3.75. The number of ketones is 1. The quantitative estimate of drug-likeness (QED) is 0.653. The number of rotatable bonds is 4. The van der Waals surface area contributed by atoms with Gasteiger partial charge in [0.15, 0.2) is 11.5 Å². The van der Waals surface area contributed by atoms with Crippen molar-refractivity contribution in [2.24, 2.45) is 0 Å². The number of amides is 1. The van der Waals surface area contributed by atoms with Crippen molar-refractivity contribution < 1.29 is 22.8 Å². The smallest absolute Gasteiger partial charge is 0.320 e. The second-order valence-electron chi connectivity index (χ2n) is 6.51. The van der Waals surface area contributed by atoms with Gasteiger partial charge in [0.2, 0.25) is 5.43 Å². The van der Waals surface area contributed by atoms with Crippen LogP contribution >= 0.6 is 0 Å². The summed E-state index contributed by atoms with van der Waals surface area (Å²) in [4.78, 5) is 36.7. The molecule has 0 spiro atoms. The summed E-state index contributed by atoms with van der Waals surface area (Å²) >= 11 is 0. The molecule has 0 saturated carbocycles. The molecule has 1 amide bonds. The van der Waals surface area contributed by atoms with Crippen LogP contribution in [0.25, 0.3) is 5.69 Å². The van der Waals surface area contributed by atoms with E-state index in [2.05, 4.69) is 10.4 Å². The second-order valence-corrected chi connectivity index (χ2v) is 6.51. The third-order valence-electron chi connectivity index (χ3n) is 4.30. The van der Waals surface area contributed by atoms with E-state index in [1.54, 1.807) is 12.1 Å². The molecule has 30 heavy (non-hydrogen) atoms. The molecule has 0 aliphatic heterocycles. The van der Waals surface area contributed by atoms with Gasteiger partial charge in [0.1, 0.15) is 0 Å². The Kier molecular flexibility index (Phi) is 5.55. The fourth-order valence-corrected chi connectivity index (χ4v) is 2.86. The van der Waals surface area contributed by atoms with E-state index in [9.17, 15) is 27.6 Å². The number of anilines is 1. The summed E-state index contributed by atoms with van der Waals surface area (Å²) in [7, 11) is 0. The van der Waals surface area contributed by atoms with Gasteiger partial charge in [-0.25, -0.2) is 4.68 Å². The highest BCUT2D eigenvalue weighted by molar-refractivity contribution is 6.08. The molecule has 154 valence electrons. The zero-order chi connectivity index (χ0) is 22.1. The van der Waals surface area contributed by atoms with E-state index in [0.29, 0.717) is 0 Å². The molecule has 0 bridgehead atoms. The third kappa shape index (κ3) is 4.29. The van der Waals surface area contributed by atoms with Crippen LogP contribution in [0.5, 0.6) is 0 Å². The maximum absolute atomic E-state index is 13.0. The summed E-state index contributed by atoms with van der Waals surface area (Å²) in [5.41, 5.74) is -1.37. The summed E-state index contributed by atoms with van der Waals surface area (Å²) < 4.78 is 40.2. The first-order valence-electron chi connectivity index (χ1n) is 8.78. The van der Waals surface area contributed by atoms with Crippen molar-refractivity contribution in [2.45, 2.75) is 20.0 Å². The highest BCUT2D eigenvalue weighted by Crippen LogP contribution is 2.30. The Bertz CT molecular complexity index is 1200. The molecule has 2 aromatic carbocycles. The summed E-state index contributed by atoms with van der Waals surface area (Å²) in [6, 6.07) is 11.7. The molecule has 1 aromatic heterocycles. The summed E-state index contributed by atoms with van der Waals surface area (Å²) in [6.45, 7) is 2.82. The van der Waals surface area contributed by atoms with Gasteiger partial charge < -0.3 is 5.32 Å². The van der Waals surface area contributed by atoms with Crippen LogP contribution in [-0.4, -0.2) is 21.5 Å². The lowest BCUT2D eigenvalue weighted by molar-refractivity contribution is -0.137. The van der Waals surface area contributed by atoms with E-state index in [4.69, 9.17) is 0 Å². The lowest BCUT2D eigenvalue weighted by Crippen LogP contribution is -2.27. The predicted octanol–water partition coefficient (Wildman–Crippen LogP) is 4.01. The van der Waals surface area contributed by atoms with Gasteiger partial charge in [0.25, 0.3) is 5.91 Å². The van der Waals surface area contributed by atoms with Gasteiger partial charge in [-0.2, -0.15) is 18.3 Å². The SMILES string of the molecule is CC(=O)c1ccccc1NC(=O)c1nn(-c2cccc(C(F)(F)F)c2)c(C)cc1=O. The first kappa shape index (κ1) is 21.0. The molecule has 0 saturated heterocycles. The molecule has 1 N–H and O–H groups in total. The number of hydrogen-bond donors (Lipinski definition) is 1. The Morgan fingerprint density at radius 1 is 1.03 bits per heavy atom. The lowest BCUT2D eigenvalue weighted by atomic mass is 10.1. The molecular formula is C21H16F3N3O3. The van der Waals surface area contributed by atoms with Crippen LogP contribution in [0.3, 0.4) is 0 Å². The molecule has 3 rings (SSSR count). The van der Waals surface area contributed by atoms with E-state index in [1.807, 2.05) is 0 Å². The van der Waals surface area contributed by atoms with Crippen molar-refractivity contribution >= 4 is 17.4 Å². The van der Waals surface area contributed by atoms with Gasteiger partial charge in [0.05, 0.1) is 16.9 Å². The molecule has 0 aliphatic rings. The van der Waals surface area contributed by atoms with Crippen LogP contribution in [0.4, 0.5) is 18.9 Å². The van der Waals surface area contributed by atoms with E-state index in [0.717, 1.165) is 22.9 Å². The number of halogens is 3. The number of hydrogen-bond acceptors (Lipinski definition) is 4. The molecule has 0 fully saturated rings. The summed E-state index contributed by atoms with van der Waals surface area (Å²) in [5.74, 6) is -1.17. The van der Waals surface area contributed by atoms with Crippen LogP contribution in [0.1, 0.15) is 39.0 Å². The number of aryl methyl sites for hydroxylation is 1. The highest BCUT2D eigenvalue weighted by Gasteiger charge is 2.30. The first-order chi connectivity index (χ1) is 14.1. The largest absolute Gasteiger partial charge is 0.416 e. The van der Waals surface area contributed by atoms with Crippen molar-refractivity contribution in [2.75, 3.05) is 5.32 Å². The number of aromatic nitrogens is 2. The maximum atomic E-state index is 13.0. The minimum absolute atomic E-state index is 0.0421. The average molecular weight is 415 g/mol. The maximum Gasteiger partial charge on any atom is 0.416 e. The normalized spacial score (nSPS) is 11.2. The Morgan fingerprint density at radius 2 is 1.73 bits per heavy atom. The van der Waals surface area contributed by atoms with Gasteiger partial charge in [0, 0.05) is 17.3 Å². The molecule has 0 aliphatic carbocycles. The van der Waals surface area contributed by atoms with Gasteiger partial charge in [-0.1, -0.05) is 18.2 Å². The van der Waals surface area contributed by atoms with Gasteiger partial charge >= 0.3 is 6.18 Å². The number of benzene rings is 2. The number of alkyl halides is 3. The third-order valence-corrected chi connectivity index (χ3v) is 4.30. The molecule has 0 radical (unpaired) electrons. The first-order valence-corrected chi connectivity index (χ1v) is 8.78. The Labute approximate surface area is 169 Å². The van der Waals surface area contributed by atoms with Gasteiger partial charge in [-0.05, 0) is 44.2 Å². The fourth-order valence-electron chi connectivity index (χ4n) is 2.86. The summed E-state index contributed by atoms with van der Waals surface area (Å²) in [5, 5.41) is 6.44. The molecule has 0 unspecified atom stereocenters. The highest BCUT2D eigenvalue weighted by atomic mass is 19.4. The molecule has 1 heterocycles. The van der Waals surface area contributed by atoms with Crippen molar-refractivity contribution in [1.82, 2.24) is 9.78 Å². The number of nitrogens with one attached hydrogen (secondary N) is 1. The topological polar surface area (TPSA) is 81.1 Å².